The predicted octanol–water partition coefficient (Wildman–Crippen LogP) is 3.58. The van der Waals surface area contributed by atoms with Crippen LogP contribution in [0.15, 0.2) is 29.0 Å². The van der Waals surface area contributed by atoms with Crippen LogP contribution in [0.1, 0.15) is 30.1 Å². The van der Waals surface area contributed by atoms with Gasteiger partial charge in [0.1, 0.15) is 12.1 Å². The summed E-state index contributed by atoms with van der Waals surface area (Å²) in [5.41, 5.74) is 0.456. The maximum absolute atomic E-state index is 14.0. The zero-order chi connectivity index (χ0) is 22.0. The van der Waals surface area contributed by atoms with Crippen LogP contribution < -0.4 is 4.90 Å². The zero-order valence-corrected chi connectivity index (χ0v) is 17.3. The lowest BCUT2D eigenvalue weighted by molar-refractivity contribution is -0.136. The van der Waals surface area contributed by atoms with Crippen LogP contribution in [-0.2, 0) is 6.18 Å². The molecule has 6 rings (SSSR count). The quantitative estimate of drug-likeness (QED) is 0.479. The van der Waals surface area contributed by atoms with E-state index in [1.807, 2.05) is 11.9 Å². The van der Waals surface area contributed by atoms with Crippen LogP contribution in [-0.4, -0.2) is 62.6 Å². The predicted molar refractivity (Wildman–Crippen MR) is 110 cm³/mol. The largest absolute Gasteiger partial charge is 0.417 e. The number of aromatic nitrogens is 5. The minimum absolute atomic E-state index is 0.0743. The summed E-state index contributed by atoms with van der Waals surface area (Å²) >= 11 is 0. The van der Waals surface area contributed by atoms with Crippen LogP contribution in [0.25, 0.3) is 28.1 Å². The van der Waals surface area contributed by atoms with Crippen molar-refractivity contribution in [1.29, 1.82) is 0 Å². The number of imidazole rings is 1. The molecule has 0 spiro atoms. The van der Waals surface area contributed by atoms with Crippen LogP contribution in [0, 0.1) is 0 Å². The molecule has 1 aliphatic heterocycles. The van der Waals surface area contributed by atoms with Gasteiger partial charge in [-0.1, -0.05) is 11.2 Å². The van der Waals surface area contributed by atoms with E-state index in [2.05, 4.69) is 20.0 Å². The summed E-state index contributed by atoms with van der Waals surface area (Å²) in [7, 11) is 2.00. The van der Waals surface area contributed by atoms with Crippen molar-refractivity contribution in [2.45, 2.75) is 24.9 Å². The topological polar surface area (TPSA) is 75.6 Å². The Morgan fingerprint density at radius 1 is 1.06 bits per heavy atom. The average Bonchev–Trinajstić information content (AvgIpc) is 3.35. The summed E-state index contributed by atoms with van der Waals surface area (Å²) < 4.78 is 48.9. The third-order valence-corrected chi connectivity index (χ3v) is 6.17. The third-order valence-electron chi connectivity index (χ3n) is 6.17. The molecule has 8 nitrogen and oxygen atoms in total. The fourth-order valence-electron chi connectivity index (χ4n) is 4.23. The van der Waals surface area contributed by atoms with Gasteiger partial charge in [-0.3, -0.25) is 4.40 Å². The van der Waals surface area contributed by atoms with E-state index in [-0.39, 0.29) is 11.3 Å². The molecule has 0 atom stereocenters. The molecular formula is C21H20F3N7O. The van der Waals surface area contributed by atoms with Crippen LogP contribution >= 0.6 is 0 Å². The monoisotopic (exact) mass is 443 g/mol. The van der Waals surface area contributed by atoms with Gasteiger partial charge in [0, 0.05) is 32.1 Å². The fraction of sp³-hybridized carbons (Fsp3) is 0.429. The van der Waals surface area contributed by atoms with Gasteiger partial charge in [0.25, 0.3) is 5.89 Å². The van der Waals surface area contributed by atoms with E-state index in [1.54, 1.807) is 10.5 Å². The van der Waals surface area contributed by atoms with Gasteiger partial charge >= 0.3 is 6.18 Å². The first-order valence-corrected chi connectivity index (χ1v) is 10.5. The number of rotatable bonds is 3. The molecular weight excluding hydrogens is 423 g/mol. The maximum Gasteiger partial charge on any atom is 0.417 e. The van der Waals surface area contributed by atoms with E-state index in [0.717, 1.165) is 32.0 Å². The number of alkyl halides is 3. The molecule has 0 radical (unpaired) electrons. The molecule has 4 heterocycles. The Balaban J connectivity index is 1.60. The molecule has 4 aromatic rings. The highest BCUT2D eigenvalue weighted by Gasteiger charge is 2.36. The van der Waals surface area contributed by atoms with Crippen LogP contribution in [0.4, 0.5) is 19.0 Å². The van der Waals surface area contributed by atoms with Gasteiger partial charge < -0.3 is 14.3 Å². The molecule has 1 aromatic carbocycles. The van der Waals surface area contributed by atoms with Crippen molar-refractivity contribution in [2.24, 2.45) is 0 Å². The van der Waals surface area contributed by atoms with Crippen molar-refractivity contribution in [1.82, 2.24) is 29.4 Å². The van der Waals surface area contributed by atoms with Crippen molar-refractivity contribution in [3.63, 3.8) is 0 Å². The highest BCUT2D eigenvalue weighted by molar-refractivity contribution is 5.96. The lowest BCUT2D eigenvalue weighted by Crippen LogP contribution is -2.45. The highest BCUT2D eigenvalue weighted by atomic mass is 19.4. The molecule has 1 saturated carbocycles. The first-order chi connectivity index (χ1) is 15.4. The average molecular weight is 443 g/mol. The number of piperazine rings is 1. The molecule has 0 bridgehead atoms. The van der Waals surface area contributed by atoms with Gasteiger partial charge in [-0.2, -0.15) is 18.2 Å². The zero-order valence-electron chi connectivity index (χ0n) is 17.3. The first-order valence-electron chi connectivity index (χ1n) is 10.5. The van der Waals surface area contributed by atoms with Crippen molar-refractivity contribution < 1.29 is 17.7 Å². The molecule has 0 unspecified atom stereocenters. The van der Waals surface area contributed by atoms with Crippen molar-refractivity contribution >= 4 is 22.4 Å². The number of anilines is 1. The Morgan fingerprint density at radius 3 is 2.56 bits per heavy atom. The van der Waals surface area contributed by atoms with E-state index in [4.69, 9.17) is 9.51 Å². The Morgan fingerprint density at radius 2 is 1.84 bits per heavy atom. The summed E-state index contributed by atoms with van der Waals surface area (Å²) in [5.74, 6) is 1.49. The van der Waals surface area contributed by atoms with Crippen molar-refractivity contribution in [3.8, 4) is 11.6 Å². The lowest BCUT2D eigenvalue weighted by atomic mass is 10.1. The number of nitrogens with zero attached hydrogens (tertiary/aromatic N) is 7. The van der Waals surface area contributed by atoms with Gasteiger partial charge in [-0.25, -0.2) is 9.97 Å². The van der Waals surface area contributed by atoms with Crippen LogP contribution in [0.3, 0.4) is 0 Å². The molecule has 0 amide bonds. The standard InChI is InChI=1S/C21H20F3N7O/c1-29-7-9-30(10-8-29)18-15-13(21(22,23)24)3-2-4-14(15)31-11-25-16(19(31)27-18)20-26-17(28-32-20)12-5-6-12/h2-4,11-12H,5-10H2,1H3. The number of likely N-dealkylation sites (N-methyl/N-ethyl adjacent to an activating group) is 1. The minimum atomic E-state index is -4.51. The summed E-state index contributed by atoms with van der Waals surface area (Å²) in [6, 6.07) is 4.18. The lowest BCUT2D eigenvalue weighted by Gasteiger charge is -2.34. The fourth-order valence-corrected chi connectivity index (χ4v) is 4.23. The summed E-state index contributed by atoms with van der Waals surface area (Å²) in [6.45, 7) is 2.64. The molecule has 166 valence electrons. The van der Waals surface area contributed by atoms with Crippen LogP contribution in [0.5, 0.6) is 0 Å². The summed E-state index contributed by atoms with van der Waals surface area (Å²) in [4.78, 5) is 17.6. The van der Waals surface area contributed by atoms with E-state index >= 15 is 0 Å². The summed E-state index contributed by atoms with van der Waals surface area (Å²) in [5, 5.41) is 4.12. The van der Waals surface area contributed by atoms with E-state index < -0.39 is 11.7 Å². The smallest absolute Gasteiger partial charge is 0.353 e. The second-order valence-corrected chi connectivity index (χ2v) is 8.44. The molecule has 1 saturated heterocycles. The Hall–Kier alpha value is -3.21. The number of hydrogen-bond acceptors (Lipinski definition) is 7. The summed E-state index contributed by atoms with van der Waals surface area (Å²) in [6.07, 6.45) is -0.987. The minimum Gasteiger partial charge on any atom is -0.353 e. The molecule has 3 aromatic heterocycles. The maximum atomic E-state index is 14.0. The second kappa shape index (κ2) is 6.89. The molecule has 0 N–H and O–H groups in total. The van der Waals surface area contributed by atoms with Gasteiger partial charge in [0.15, 0.2) is 17.2 Å². The highest BCUT2D eigenvalue weighted by Crippen LogP contribution is 2.41. The Kier molecular flexibility index (Phi) is 4.19. The van der Waals surface area contributed by atoms with Gasteiger partial charge in [-0.05, 0) is 32.0 Å². The van der Waals surface area contributed by atoms with E-state index in [1.165, 1.54) is 12.4 Å². The van der Waals surface area contributed by atoms with Gasteiger partial charge in [-0.15, -0.1) is 0 Å². The van der Waals surface area contributed by atoms with Gasteiger partial charge in [0.2, 0.25) is 0 Å². The Bertz CT molecular complexity index is 1320. The number of fused-ring (bicyclic) bond motifs is 3. The second-order valence-electron chi connectivity index (χ2n) is 8.44. The van der Waals surface area contributed by atoms with E-state index in [0.29, 0.717) is 47.5 Å². The number of halogens is 3. The molecule has 2 fully saturated rings. The van der Waals surface area contributed by atoms with Crippen LogP contribution in [0.2, 0.25) is 0 Å². The SMILES string of the molecule is CN1CCN(c2nc3c(-c4nc(C5CC5)no4)ncn3c3cccc(C(F)(F)F)c23)CC1. The van der Waals surface area contributed by atoms with E-state index in [9.17, 15) is 13.2 Å². The van der Waals surface area contributed by atoms with Crippen molar-refractivity contribution in [2.75, 3.05) is 38.1 Å². The molecule has 2 aliphatic rings. The molecule has 1 aliphatic carbocycles. The van der Waals surface area contributed by atoms with Crippen molar-refractivity contribution in [3.05, 3.63) is 35.9 Å². The number of benzene rings is 1. The molecule has 32 heavy (non-hydrogen) atoms. The molecule has 11 heteroatoms. The normalized spacial score (nSPS) is 18.2. The van der Waals surface area contributed by atoms with Gasteiger partial charge in [0.05, 0.1) is 16.5 Å². The Labute approximate surface area is 180 Å². The third kappa shape index (κ3) is 3.10. The first kappa shape index (κ1) is 19.5. The number of hydrogen-bond donors (Lipinski definition) is 0.